The fourth-order valence-electron chi connectivity index (χ4n) is 4.77. The maximum Gasteiger partial charge on any atom is 0.523 e. The minimum absolute atomic E-state index is 0.00747. The number of fused-ring (bicyclic) bond motifs is 2. The Balaban J connectivity index is 1.81. The first-order valence-corrected chi connectivity index (χ1v) is 15.4. The molecule has 11 nitrogen and oxygen atoms in total. The van der Waals surface area contributed by atoms with Gasteiger partial charge in [0, 0.05) is 47.4 Å². The van der Waals surface area contributed by atoms with E-state index in [-0.39, 0.29) is 22.6 Å². The number of nitrogens with zero attached hydrogens (tertiary/aromatic N) is 2. The smallest absolute Gasteiger partial charge is 0.344 e. The van der Waals surface area contributed by atoms with E-state index in [0.29, 0.717) is 0 Å². The predicted molar refractivity (Wildman–Crippen MR) is 152 cm³/mol. The first-order valence-electron chi connectivity index (χ1n) is 12.5. The molecule has 1 N–H and O–H groups in total. The minimum Gasteiger partial charge on any atom is -0.344 e. The molecule has 16 heteroatoms. The minimum atomic E-state index is -6.28. The van der Waals surface area contributed by atoms with Crippen LogP contribution < -0.4 is 10.2 Å². The Morgan fingerprint density at radius 1 is 0.886 bits per heavy atom. The van der Waals surface area contributed by atoms with Gasteiger partial charge < -0.3 is 10.2 Å². The number of nitrogens with one attached hydrogen (secondary N) is 1. The zero-order valence-corrected chi connectivity index (χ0v) is 24.0. The standard InChI is InChI=1S/C28H20F3N3O8S2/c1-33-21-10-6-5-9-20(21)26(42-44(40,41)28(29,30)31)24-22(33)15-16-23(25(24)27(35)32-17-7-3-2-4-8-17)43(38,39)19-13-11-18(12-14-19)34(36)37/h2-16,26H,1H3,(H,32,35). The van der Waals surface area contributed by atoms with Crippen molar-refractivity contribution in [2.24, 2.45) is 0 Å². The third kappa shape index (κ3) is 5.38. The number of hydrogen-bond donors (Lipinski definition) is 1. The zero-order valence-electron chi connectivity index (χ0n) is 22.3. The van der Waals surface area contributed by atoms with Gasteiger partial charge in [0.05, 0.1) is 20.3 Å². The lowest BCUT2D eigenvalue weighted by molar-refractivity contribution is -0.384. The van der Waals surface area contributed by atoms with Crippen LogP contribution in [0.3, 0.4) is 0 Å². The van der Waals surface area contributed by atoms with E-state index >= 15 is 0 Å². The van der Waals surface area contributed by atoms with Gasteiger partial charge in [0.15, 0.2) is 0 Å². The third-order valence-electron chi connectivity index (χ3n) is 6.80. The third-order valence-corrected chi connectivity index (χ3v) is 9.63. The lowest BCUT2D eigenvalue weighted by Gasteiger charge is -2.36. The average Bonchev–Trinajstić information content (AvgIpc) is 2.98. The maximum absolute atomic E-state index is 14.0. The molecule has 228 valence electrons. The molecular weight excluding hydrogens is 627 g/mol. The lowest BCUT2D eigenvalue weighted by atomic mass is 9.89. The molecule has 1 aliphatic heterocycles. The highest BCUT2D eigenvalue weighted by atomic mass is 32.2. The van der Waals surface area contributed by atoms with Crippen LogP contribution in [-0.2, 0) is 24.1 Å². The molecule has 5 rings (SSSR count). The fourth-order valence-corrected chi connectivity index (χ4v) is 6.80. The molecule has 1 amide bonds. The van der Waals surface area contributed by atoms with Gasteiger partial charge in [0.2, 0.25) is 9.84 Å². The first-order chi connectivity index (χ1) is 20.6. The topological polar surface area (TPSA) is 153 Å². The second-order valence-electron chi connectivity index (χ2n) is 9.44. The van der Waals surface area contributed by atoms with Crippen LogP contribution in [0.1, 0.15) is 27.6 Å². The van der Waals surface area contributed by atoms with E-state index in [1.54, 1.807) is 24.3 Å². The van der Waals surface area contributed by atoms with E-state index in [1.165, 1.54) is 48.3 Å². The Bertz CT molecular complexity index is 2000. The molecule has 0 aromatic heterocycles. The summed E-state index contributed by atoms with van der Waals surface area (Å²) < 4.78 is 98.2. The summed E-state index contributed by atoms with van der Waals surface area (Å²) in [6.07, 6.45) is -2.10. The summed E-state index contributed by atoms with van der Waals surface area (Å²) >= 11 is 0. The summed E-state index contributed by atoms with van der Waals surface area (Å²) in [5, 5.41) is 13.6. The van der Waals surface area contributed by atoms with Gasteiger partial charge in [-0.1, -0.05) is 36.4 Å². The van der Waals surface area contributed by atoms with Crippen molar-refractivity contribution in [3.63, 3.8) is 0 Å². The summed E-state index contributed by atoms with van der Waals surface area (Å²) in [7, 11) is -9.49. The fraction of sp³-hybridized carbons (Fsp3) is 0.107. The summed E-state index contributed by atoms with van der Waals surface area (Å²) in [5.41, 5.74) is -7.08. The highest BCUT2D eigenvalue weighted by Gasteiger charge is 2.51. The number of halogens is 3. The lowest BCUT2D eigenvalue weighted by Crippen LogP contribution is -2.32. The number of benzene rings is 4. The number of nitro benzene ring substituents is 1. The van der Waals surface area contributed by atoms with Crippen molar-refractivity contribution in [1.82, 2.24) is 0 Å². The summed E-state index contributed by atoms with van der Waals surface area (Å²) in [5.74, 6) is -1.10. The van der Waals surface area contributed by atoms with Crippen LogP contribution in [0.4, 0.5) is 35.9 Å². The molecule has 0 bridgehead atoms. The van der Waals surface area contributed by atoms with Crippen LogP contribution >= 0.6 is 0 Å². The van der Waals surface area contributed by atoms with Gasteiger partial charge in [0.1, 0.15) is 6.10 Å². The second kappa shape index (κ2) is 11.0. The maximum atomic E-state index is 14.0. The number of anilines is 3. The van der Waals surface area contributed by atoms with Crippen LogP contribution in [0.15, 0.2) is 101 Å². The summed E-state index contributed by atoms with van der Waals surface area (Å²) in [4.78, 5) is 24.6. The predicted octanol–water partition coefficient (Wildman–Crippen LogP) is 5.72. The van der Waals surface area contributed by atoms with E-state index in [9.17, 15) is 44.9 Å². The normalized spacial score (nSPS) is 14.8. The Morgan fingerprint density at radius 2 is 1.50 bits per heavy atom. The number of para-hydroxylation sites is 2. The number of amides is 1. The van der Waals surface area contributed by atoms with Gasteiger partial charge in [0.25, 0.3) is 11.6 Å². The number of hydrogen-bond acceptors (Lipinski definition) is 9. The number of carbonyl (C=O) groups excluding carboxylic acids is 1. The first kappa shape index (κ1) is 30.7. The molecule has 4 aromatic carbocycles. The van der Waals surface area contributed by atoms with Crippen molar-refractivity contribution in [2.75, 3.05) is 17.3 Å². The molecule has 0 fully saturated rings. The Hall–Kier alpha value is -4.80. The van der Waals surface area contributed by atoms with Crippen molar-refractivity contribution < 1.29 is 43.9 Å². The average molecular weight is 648 g/mol. The van der Waals surface area contributed by atoms with Gasteiger partial charge in [-0.25, -0.2) is 12.6 Å². The molecule has 0 saturated carbocycles. The van der Waals surface area contributed by atoms with Crippen molar-refractivity contribution in [2.45, 2.75) is 21.4 Å². The molecular formula is C28H20F3N3O8S2. The molecule has 0 aliphatic carbocycles. The van der Waals surface area contributed by atoms with Gasteiger partial charge in [-0.05, 0) is 42.5 Å². The molecule has 0 radical (unpaired) electrons. The van der Waals surface area contributed by atoms with E-state index in [1.807, 2.05) is 0 Å². The Morgan fingerprint density at radius 3 is 2.11 bits per heavy atom. The molecule has 4 aromatic rings. The molecule has 0 spiro atoms. The van der Waals surface area contributed by atoms with Crippen molar-refractivity contribution in [3.8, 4) is 0 Å². The molecule has 1 atom stereocenters. The summed E-state index contributed by atoms with van der Waals surface area (Å²) in [6, 6.07) is 19.5. The number of sulfone groups is 1. The van der Waals surface area contributed by atoms with E-state index in [0.717, 1.165) is 30.3 Å². The van der Waals surface area contributed by atoms with Gasteiger partial charge >= 0.3 is 15.6 Å². The quantitative estimate of drug-likeness (QED) is 0.115. The highest BCUT2D eigenvalue weighted by molar-refractivity contribution is 7.91. The molecule has 1 unspecified atom stereocenters. The molecule has 1 aliphatic rings. The van der Waals surface area contributed by atoms with E-state index < -0.39 is 69.0 Å². The Labute approximate surface area is 248 Å². The van der Waals surface area contributed by atoms with E-state index in [2.05, 4.69) is 5.32 Å². The van der Waals surface area contributed by atoms with Crippen molar-refractivity contribution >= 4 is 48.6 Å². The van der Waals surface area contributed by atoms with Crippen molar-refractivity contribution in [3.05, 3.63) is 118 Å². The molecule has 0 saturated heterocycles. The number of carbonyl (C=O) groups is 1. The second-order valence-corrected chi connectivity index (χ2v) is 12.9. The van der Waals surface area contributed by atoms with Crippen LogP contribution in [0.2, 0.25) is 0 Å². The monoisotopic (exact) mass is 647 g/mol. The Kier molecular flexibility index (Phi) is 7.69. The SMILES string of the molecule is CN1c2ccccc2C(OS(=O)(=O)C(F)(F)F)c2c1ccc(S(=O)(=O)c1ccc([N+](=O)[O-])cc1)c2C(=O)Nc1ccccc1. The van der Waals surface area contributed by atoms with Gasteiger partial charge in [-0.15, -0.1) is 0 Å². The molecule has 1 heterocycles. The number of rotatable bonds is 7. The van der Waals surface area contributed by atoms with Gasteiger partial charge in [-0.2, -0.15) is 21.6 Å². The number of nitro groups is 1. The van der Waals surface area contributed by atoms with Gasteiger partial charge in [-0.3, -0.25) is 14.9 Å². The molecule has 44 heavy (non-hydrogen) atoms. The van der Waals surface area contributed by atoms with Crippen LogP contribution in [0.25, 0.3) is 0 Å². The number of non-ortho nitro benzene ring substituents is 1. The number of alkyl halides is 3. The van der Waals surface area contributed by atoms with Crippen molar-refractivity contribution in [1.29, 1.82) is 0 Å². The largest absolute Gasteiger partial charge is 0.523 e. The zero-order chi connectivity index (χ0) is 32.0. The van der Waals surface area contributed by atoms with Crippen LogP contribution in [0, 0.1) is 10.1 Å². The van der Waals surface area contributed by atoms with Crippen LogP contribution in [0.5, 0.6) is 0 Å². The highest BCUT2D eigenvalue weighted by Crippen LogP contribution is 2.50. The van der Waals surface area contributed by atoms with E-state index in [4.69, 9.17) is 4.18 Å². The van der Waals surface area contributed by atoms with Crippen LogP contribution in [-0.4, -0.2) is 40.2 Å². The summed E-state index contributed by atoms with van der Waals surface area (Å²) in [6.45, 7) is 0.